The van der Waals surface area contributed by atoms with Crippen molar-refractivity contribution in [2.45, 2.75) is 46.1 Å². The van der Waals surface area contributed by atoms with Gasteiger partial charge >= 0.3 is 0 Å². The minimum atomic E-state index is 0.120. The zero-order valence-corrected chi connectivity index (χ0v) is 12.3. The van der Waals surface area contributed by atoms with Crippen molar-refractivity contribution in [2.75, 3.05) is 20.3 Å². The summed E-state index contributed by atoms with van der Waals surface area (Å²) < 4.78 is 5.01. The van der Waals surface area contributed by atoms with E-state index in [1.54, 1.807) is 7.11 Å². The summed E-state index contributed by atoms with van der Waals surface area (Å²) in [5.74, 6) is 0. The highest BCUT2D eigenvalue weighted by Crippen LogP contribution is 2.23. The van der Waals surface area contributed by atoms with Gasteiger partial charge in [0.2, 0.25) is 0 Å². The largest absolute Gasteiger partial charge is 0.385 e. The van der Waals surface area contributed by atoms with E-state index in [1.165, 1.54) is 16.8 Å². The number of nitrogens with one attached hydrogen (secondary N) is 1. The summed E-state index contributed by atoms with van der Waals surface area (Å²) in [5.41, 5.74) is 3.83. The molecular formula is C15H26N2O. The molecule has 0 aromatic carbocycles. The number of nitrogens with zero attached hydrogens (tertiary/aromatic N) is 1. The lowest BCUT2D eigenvalue weighted by Gasteiger charge is -2.20. The molecule has 0 bridgehead atoms. The second kappa shape index (κ2) is 6.86. The Morgan fingerprint density at radius 3 is 2.61 bits per heavy atom. The zero-order valence-electron chi connectivity index (χ0n) is 12.3. The number of rotatable bonds is 6. The first kappa shape index (κ1) is 15.1. The molecule has 0 unspecified atom stereocenters. The standard InChI is InChI=1S/C15H26N2O/c1-12-9-13(10-16-7-6-8-18-5)11-17-14(12)15(2,3)4/h9,11,16H,6-8,10H2,1-5H3. The monoisotopic (exact) mass is 250 g/mol. The van der Waals surface area contributed by atoms with E-state index in [-0.39, 0.29) is 5.41 Å². The van der Waals surface area contributed by atoms with Gasteiger partial charge in [-0.2, -0.15) is 0 Å². The van der Waals surface area contributed by atoms with Gasteiger partial charge in [-0.15, -0.1) is 0 Å². The van der Waals surface area contributed by atoms with E-state index in [9.17, 15) is 0 Å². The van der Waals surface area contributed by atoms with E-state index >= 15 is 0 Å². The molecule has 3 heteroatoms. The Balaban J connectivity index is 2.52. The molecule has 0 aliphatic carbocycles. The Labute approximate surface area is 111 Å². The van der Waals surface area contributed by atoms with Crippen molar-refractivity contribution in [1.82, 2.24) is 10.3 Å². The molecule has 1 N–H and O–H groups in total. The molecule has 0 spiro atoms. The van der Waals surface area contributed by atoms with E-state index in [0.717, 1.165) is 26.1 Å². The molecule has 1 rings (SSSR count). The molecule has 0 fully saturated rings. The van der Waals surface area contributed by atoms with Crippen molar-refractivity contribution in [3.05, 3.63) is 29.1 Å². The normalized spacial score (nSPS) is 11.8. The Morgan fingerprint density at radius 2 is 2.06 bits per heavy atom. The highest BCUT2D eigenvalue weighted by molar-refractivity contribution is 5.28. The summed E-state index contributed by atoms with van der Waals surface area (Å²) in [7, 11) is 1.73. The fourth-order valence-corrected chi connectivity index (χ4v) is 2.09. The first-order valence-corrected chi connectivity index (χ1v) is 6.61. The van der Waals surface area contributed by atoms with Crippen LogP contribution in [0, 0.1) is 6.92 Å². The fraction of sp³-hybridized carbons (Fsp3) is 0.667. The second-order valence-corrected chi connectivity index (χ2v) is 5.78. The summed E-state index contributed by atoms with van der Waals surface area (Å²) in [6, 6.07) is 2.23. The maximum atomic E-state index is 5.01. The van der Waals surface area contributed by atoms with Gasteiger partial charge in [-0.3, -0.25) is 4.98 Å². The van der Waals surface area contributed by atoms with Crippen molar-refractivity contribution in [1.29, 1.82) is 0 Å². The maximum absolute atomic E-state index is 5.01. The highest BCUT2D eigenvalue weighted by atomic mass is 16.5. The molecule has 1 aromatic rings. The third-order valence-corrected chi connectivity index (χ3v) is 2.88. The van der Waals surface area contributed by atoms with Gasteiger partial charge in [-0.05, 0) is 31.0 Å². The van der Waals surface area contributed by atoms with Gasteiger partial charge in [0, 0.05) is 37.6 Å². The average Bonchev–Trinajstić information content (AvgIpc) is 2.27. The minimum Gasteiger partial charge on any atom is -0.385 e. The van der Waals surface area contributed by atoms with E-state index in [4.69, 9.17) is 4.74 Å². The lowest BCUT2D eigenvalue weighted by atomic mass is 9.88. The SMILES string of the molecule is COCCCNCc1cnc(C(C)(C)C)c(C)c1. The lowest BCUT2D eigenvalue weighted by molar-refractivity contribution is 0.194. The van der Waals surface area contributed by atoms with Gasteiger partial charge in [0.15, 0.2) is 0 Å². The van der Waals surface area contributed by atoms with Gasteiger partial charge in [0.1, 0.15) is 0 Å². The van der Waals surface area contributed by atoms with E-state index in [2.05, 4.69) is 44.1 Å². The first-order valence-electron chi connectivity index (χ1n) is 6.61. The van der Waals surface area contributed by atoms with Crippen molar-refractivity contribution in [2.24, 2.45) is 0 Å². The molecule has 18 heavy (non-hydrogen) atoms. The predicted molar refractivity (Wildman–Crippen MR) is 75.9 cm³/mol. The molecular weight excluding hydrogens is 224 g/mol. The zero-order chi connectivity index (χ0) is 13.6. The van der Waals surface area contributed by atoms with Gasteiger partial charge in [-0.1, -0.05) is 26.8 Å². The number of hydrogen-bond donors (Lipinski definition) is 1. The molecule has 1 heterocycles. The van der Waals surface area contributed by atoms with Crippen LogP contribution in [0.4, 0.5) is 0 Å². The number of aryl methyl sites for hydroxylation is 1. The van der Waals surface area contributed by atoms with Crippen LogP contribution in [0.5, 0.6) is 0 Å². The predicted octanol–water partition coefficient (Wildman–Crippen LogP) is 2.81. The number of methoxy groups -OCH3 is 1. The summed E-state index contributed by atoms with van der Waals surface area (Å²) in [6.45, 7) is 11.4. The summed E-state index contributed by atoms with van der Waals surface area (Å²) >= 11 is 0. The van der Waals surface area contributed by atoms with Crippen LogP contribution in [0.3, 0.4) is 0 Å². The van der Waals surface area contributed by atoms with Crippen LogP contribution in [0.1, 0.15) is 44.0 Å². The Hall–Kier alpha value is -0.930. The van der Waals surface area contributed by atoms with Crippen LogP contribution in [-0.2, 0) is 16.7 Å². The van der Waals surface area contributed by atoms with E-state index < -0.39 is 0 Å². The van der Waals surface area contributed by atoms with Crippen LogP contribution in [0.2, 0.25) is 0 Å². The molecule has 3 nitrogen and oxygen atoms in total. The third-order valence-electron chi connectivity index (χ3n) is 2.88. The Kier molecular flexibility index (Phi) is 5.76. The molecule has 102 valence electrons. The van der Waals surface area contributed by atoms with Crippen LogP contribution in [0.25, 0.3) is 0 Å². The molecule has 0 atom stereocenters. The van der Waals surface area contributed by atoms with E-state index in [0.29, 0.717) is 0 Å². The van der Waals surface area contributed by atoms with Crippen molar-refractivity contribution in [3.8, 4) is 0 Å². The van der Waals surface area contributed by atoms with Crippen molar-refractivity contribution < 1.29 is 4.74 Å². The van der Waals surface area contributed by atoms with Crippen LogP contribution >= 0.6 is 0 Å². The molecule has 0 aliphatic heterocycles. The Bertz CT molecular complexity index is 369. The summed E-state index contributed by atoms with van der Waals surface area (Å²) in [4.78, 5) is 4.60. The molecule has 1 aromatic heterocycles. The molecule has 0 amide bonds. The van der Waals surface area contributed by atoms with Crippen LogP contribution < -0.4 is 5.32 Å². The van der Waals surface area contributed by atoms with Crippen LogP contribution in [0.15, 0.2) is 12.3 Å². The number of ether oxygens (including phenoxy) is 1. The quantitative estimate of drug-likeness (QED) is 0.788. The van der Waals surface area contributed by atoms with Gasteiger partial charge in [0.25, 0.3) is 0 Å². The second-order valence-electron chi connectivity index (χ2n) is 5.78. The van der Waals surface area contributed by atoms with Gasteiger partial charge < -0.3 is 10.1 Å². The average molecular weight is 250 g/mol. The van der Waals surface area contributed by atoms with Crippen molar-refractivity contribution >= 4 is 0 Å². The first-order chi connectivity index (χ1) is 8.45. The van der Waals surface area contributed by atoms with Gasteiger partial charge in [-0.25, -0.2) is 0 Å². The van der Waals surface area contributed by atoms with Crippen LogP contribution in [-0.4, -0.2) is 25.2 Å². The molecule has 0 radical (unpaired) electrons. The molecule has 0 saturated heterocycles. The third kappa shape index (κ3) is 4.75. The molecule has 0 saturated carbocycles. The van der Waals surface area contributed by atoms with E-state index in [1.807, 2.05) is 6.20 Å². The van der Waals surface area contributed by atoms with Gasteiger partial charge in [0.05, 0.1) is 0 Å². The molecule has 0 aliphatic rings. The smallest absolute Gasteiger partial charge is 0.0486 e. The summed E-state index contributed by atoms with van der Waals surface area (Å²) in [5, 5.41) is 3.40. The lowest BCUT2D eigenvalue weighted by Crippen LogP contribution is -2.18. The fourth-order valence-electron chi connectivity index (χ4n) is 2.09. The number of hydrogen-bond acceptors (Lipinski definition) is 3. The Morgan fingerprint density at radius 1 is 1.33 bits per heavy atom. The van der Waals surface area contributed by atoms with Crippen molar-refractivity contribution in [3.63, 3.8) is 0 Å². The number of pyridine rings is 1. The minimum absolute atomic E-state index is 0.120. The highest BCUT2D eigenvalue weighted by Gasteiger charge is 2.17. The topological polar surface area (TPSA) is 34.1 Å². The summed E-state index contributed by atoms with van der Waals surface area (Å²) in [6.07, 6.45) is 3.03. The number of aromatic nitrogens is 1. The maximum Gasteiger partial charge on any atom is 0.0486 e.